The first kappa shape index (κ1) is 29.4. The number of hydrogen-bond donors (Lipinski definition) is 5. The molecule has 3 atom stereocenters. The summed E-state index contributed by atoms with van der Waals surface area (Å²) in [5, 5.41) is 51.8. The summed E-state index contributed by atoms with van der Waals surface area (Å²) in [6.07, 6.45) is 0.943. The number of phenolic OH excluding ortho intramolecular Hbond substituents is 4. The molecule has 0 aromatic heterocycles. The molecule has 2 aliphatic heterocycles. The Morgan fingerprint density at radius 1 is 0.870 bits per heavy atom. The molecule has 0 radical (unpaired) electrons. The molecule has 3 unspecified atom stereocenters. The minimum atomic E-state index is -0.878. The Morgan fingerprint density at radius 2 is 1.63 bits per heavy atom. The van der Waals surface area contributed by atoms with Crippen molar-refractivity contribution in [3.05, 3.63) is 111 Å². The van der Waals surface area contributed by atoms with Gasteiger partial charge in [0.1, 0.15) is 23.9 Å². The van der Waals surface area contributed by atoms with Crippen LogP contribution in [0.5, 0.6) is 28.7 Å². The Labute approximate surface area is 264 Å². The molecule has 2 heterocycles. The second kappa shape index (κ2) is 10.9. The van der Waals surface area contributed by atoms with E-state index in [9.17, 15) is 30.0 Å². The summed E-state index contributed by atoms with van der Waals surface area (Å²) in [4.78, 5) is 33.5. The highest BCUT2D eigenvalue weighted by molar-refractivity contribution is 6.31. The van der Waals surface area contributed by atoms with Gasteiger partial charge in [0.15, 0.2) is 17.3 Å². The molecule has 234 valence electrons. The number of carbonyl (C=O) groups excluding carboxylic acids is 2. The van der Waals surface area contributed by atoms with Crippen LogP contribution in [0.3, 0.4) is 0 Å². The maximum Gasteiger partial charge on any atom is 0.202 e. The zero-order valence-electron chi connectivity index (χ0n) is 25.2. The smallest absolute Gasteiger partial charge is 0.202 e. The highest BCUT2D eigenvalue weighted by Gasteiger charge is 2.51. The number of nitrogens with one attached hydrogen (secondary N) is 1. The summed E-state index contributed by atoms with van der Waals surface area (Å²) in [6, 6.07) is 18.4. The fourth-order valence-corrected chi connectivity index (χ4v) is 7.31. The van der Waals surface area contributed by atoms with E-state index in [2.05, 4.69) is 10.5 Å². The topological polar surface area (TPSA) is 158 Å². The van der Waals surface area contributed by atoms with E-state index in [4.69, 9.17) is 9.57 Å². The Bertz CT molecular complexity index is 1950. The molecule has 0 spiro atoms. The van der Waals surface area contributed by atoms with Crippen LogP contribution in [-0.2, 0) is 24.3 Å². The van der Waals surface area contributed by atoms with Gasteiger partial charge in [-0.05, 0) is 55.5 Å². The van der Waals surface area contributed by atoms with E-state index >= 15 is 0 Å². The minimum absolute atomic E-state index is 0.0457. The summed E-state index contributed by atoms with van der Waals surface area (Å²) >= 11 is 0. The van der Waals surface area contributed by atoms with Crippen LogP contribution in [-0.4, -0.2) is 50.4 Å². The summed E-state index contributed by atoms with van der Waals surface area (Å²) in [5.74, 6) is -2.38. The van der Waals surface area contributed by atoms with Crippen molar-refractivity contribution in [3.8, 4) is 28.7 Å². The van der Waals surface area contributed by atoms with Gasteiger partial charge in [-0.1, -0.05) is 53.7 Å². The normalized spacial score (nSPS) is 22.2. The van der Waals surface area contributed by atoms with Crippen LogP contribution in [0.1, 0.15) is 73.5 Å². The molecule has 1 aliphatic carbocycles. The van der Waals surface area contributed by atoms with Gasteiger partial charge in [0, 0.05) is 28.7 Å². The number of carbonyl (C=O) groups is 2. The van der Waals surface area contributed by atoms with Gasteiger partial charge < -0.3 is 30.0 Å². The summed E-state index contributed by atoms with van der Waals surface area (Å²) in [7, 11) is 1.40. The second-order valence-corrected chi connectivity index (χ2v) is 12.3. The van der Waals surface area contributed by atoms with Crippen molar-refractivity contribution in [2.75, 3.05) is 7.11 Å². The van der Waals surface area contributed by atoms with E-state index < -0.39 is 23.1 Å². The minimum Gasteiger partial charge on any atom is -0.507 e. The SMILES string of the molecule is COc1cccc2c1C(=O)c1c(O)c3c(c(O)c1C2=O)CC1(C)NC3CC(Cc2ccc(O)c(O)c2)C1=NOCc1ccccc1. The molecule has 1 fully saturated rings. The standard InChI is InChI=1S/C36H32N2O8/c1-36-16-22-27(33(43)30-29(32(22)42)31(41)21-9-6-10-26(45-2)28(21)34(30)44)23(37-36)15-20(13-19-11-12-24(39)25(40)14-19)35(36)38-46-17-18-7-4-3-5-8-18/h3-12,14,20,23,37,39-40,42-43H,13,15-17H2,1-2H3. The van der Waals surface area contributed by atoms with Crippen LogP contribution >= 0.6 is 0 Å². The quantitative estimate of drug-likeness (QED) is 0.0993. The predicted octanol–water partition coefficient (Wildman–Crippen LogP) is 5.07. The number of ether oxygens (including phenoxy) is 1. The number of fused-ring (bicyclic) bond motifs is 6. The van der Waals surface area contributed by atoms with E-state index in [1.165, 1.54) is 25.3 Å². The molecular weight excluding hydrogens is 588 g/mol. The number of piperidine rings is 1. The summed E-state index contributed by atoms with van der Waals surface area (Å²) < 4.78 is 5.38. The van der Waals surface area contributed by atoms with Gasteiger partial charge in [-0.2, -0.15) is 0 Å². The number of benzene rings is 4. The molecule has 0 amide bonds. The molecule has 46 heavy (non-hydrogen) atoms. The third kappa shape index (κ3) is 4.56. The molecule has 2 bridgehead atoms. The lowest BCUT2D eigenvalue weighted by Crippen LogP contribution is -2.62. The first-order valence-corrected chi connectivity index (χ1v) is 15.0. The third-order valence-corrected chi connectivity index (χ3v) is 9.36. The van der Waals surface area contributed by atoms with Crippen molar-refractivity contribution in [2.24, 2.45) is 11.1 Å². The monoisotopic (exact) mass is 620 g/mol. The number of phenols is 4. The van der Waals surface area contributed by atoms with E-state index in [1.807, 2.05) is 37.3 Å². The predicted molar refractivity (Wildman–Crippen MR) is 168 cm³/mol. The molecular formula is C36H32N2O8. The van der Waals surface area contributed by atoms with Crippen LogP contribution in [0, 0.1) is 5.92 Å². The Balaban J connectivity index is 1.34. The Hall–Kier alpha value is -5.35. The van der Waals surface area contributed by atoms with Crippen molar-refractivity contribution in [1.82, 2.24) is 5.32 Å². The molecule has 0 saturated carbocycles. The van der Waals surface area contributed by atoms with Gasteiger partial charge >= 0.3 is 0 Å². The van der Waals surface area contributed by atoms with Crippen LogP contribution in [0.4, 0.5) is 0 Å². The zero-order chi connectivity index (χ0) is 32.3. The molecule has 7 rings (SSSR count). The van der Waals surface area contributed by atoms with Crippen LogP contribution in [0.25, 0.3) is 0 Å². The number of aromatic hydroxyl groups is 4. The fraction of sp³-hybridized carbons (Fsp3) is 0.250. The van der Waals surface area contributed by atoms with E-state index in [-0.39, 0.29) is 69.9 Å². The van der Waals surface area contributed by atoms with Crippen molar-refractivity contribution >= 4 is 17.3 Å². The lowest BCUT2D eigenvalue weighted by Gasteiger charge is -2.49. The van der Waals surface area contributed by atoms with E-state index in [1.54, 1.807) is 18.2 Å². The van der Waals surface area contributed by atoms with Crippen molar-refractivity contribution in [3.63, 3.8) is 0 Å². The summed E-state index contributed by atoms with van der Waals surface area (Å²) in [6.45, 7) is 2.16. The van der Waals surface area contributed by atoms with Gasteiger partial charge in [0.05, 0.1) is 35.1 Å². The molecule has 4 aromatic carbocycles. The molecule has 5 N–H and O–H groups in total. The molecule has 10 nitrogen and oxygen atoms in total. The van der Waals surface area contributed by atoms with E-state index in [0.717, 1.165) is 11.1 Å². The van der Waals surface area contributed by atoms with Crippen LogP contribution in [0.2, 0.25) is 0 Å². The van der Waals surface area contributed by atoms with Crippen molar-refractivity contribution < 1.29 is 39.6 Å². The average Bonchev–Trinajstić information content (AvgIpc) is 3.04. The molecule has 1 saturated heterocycles. The maximum atomic E-state index is 13.9. The molecule has 3 aliphatic rings. The fourth-order valence-electron chi connectivity index (χ4n) is 7.31. The Kier molecular flexibility index (Phi) is 6.97. The number of nitrogens with zero attached hydrogens (tertiary/aromatic N) is 1. The van der Waals surface area contributed by atoms with Gasteiger partial charge in [-0.3, -0.25) is 14.9 Å². The first-order chi connectivity index (χ1) is 22.1. The second-order valence-electron chi connectivity index (χ2n) is 12.3. The van der Waals surface area contributed by atoms with Crippen LogP contribution in [0.15, 0.2) is 71.9 Å². The number of methoxy groups -OCH3 is 1. The lowest BCUT2D eigenvalue weighted by molar-refractivity contribution is 0.0970. The number of rotatable bonds is 6. The van der Waals surface area contributed by atoms with Gasteiger partial charge in [-0.15, -0.1) is 0 Å². The molecule has 4 aromatic rings. The first-order valence-electron chi connectivity index (χ1n) is 15.0. The Morgan fingerprint density at radius 3 is 2.37 bits per heavy atom. The number of ketones is 2. The van der Waals surface area contributed by atoms with Gasteiger partial charge in [0.2, 0.25) is 5.78 Å². The third-order valence-electron chi connectivity index (χ3n) is 9.36. The van der Waals surface area contributed by atoms with Gasteiger partial charge in [-0.25, -0.2) is 0 Å². The highest BCUT2D eigenvalue weighted by Crippen LogP contribution is 2.52. The van der Waals surface area contributed by atoms with Crippen molar-refractivity contribution in [1.29, 1.82) is 0 Å². The molecule has 10 heteroatoms. The zero-order valence-corrected chi connectivity index (χ0v) is 25.2. The van der Waals surface area contributed by atoms with Gasteiger partial charge in [0.25, 0.3) is 0 Å². The van der Waals surface area contributed by atoms with E-state index in [0.29, 0.717) is 29.7 Å². The number of oxime groups is 1. The largest absolute Gasteiger partial charge is 0.507 e. The number of hydrogen-bond acceptors (Lipinski definition) is 10. The van der Waals surface area contributed by atoms with Crippen LogP contribution < -0.4 is 10.1 Å². The highest BCUT2D eigenvalue weighted by atomic mass is 16.6. The summed E-state index contributed by atoms with van der Waals surface area (Å²) in [5.41, 5.74) is 1.87. The maximum absolute atomic E-state index is 13.9. The average molecular weight is 621 g/mol. The van der Waals surface area contributed by atoms with Crippen molar-refractivity contribution in [2.45, 2.75) is 44.4 Å². The lowest BCUT2D eigenvalue weighted by atomic mass is 9.66.